The molecule has 1 amide bonds. The quantitative estimate of drug-likeness (QED) is 0.690. The molecule has 0 radical (unpaired) electrons. The van der Waals surface area contributed by atoms with Crippen LogP contribution in [0, 0.1) is 0 Å². The Morgan fingerprint density at radius 3 is 3.00 bits per heavy atom. The molecule has 64 valence electrons. The molecular weight excluding hydrogens is 277 g/mol. The van der Waals surface area contributed by atoms with Crippen LogP contribution in [-0.2, 0) is 3.07 Å². The zero-order chi connectivity index (χ0) is 8.27. The third-order valence-electron chi connectivity index (χ3n) is 1.80. The van der Waals surface area contributed by atoms with E-state index in [1.165, 1.54) is 0 Å². The Hall–Kier alpha value is 0.350. The largest absolute Gasteiger partial charge is 0.419 e. The SMILES string of the molecule is CSC1CCN(C(=O)OI)C1. The van der Waals surface area contributed by atoms with Crippen molar-refractivity contribution in [1.82, 2.24) is 4.90 Å². The molecule has 1 aliphatic heterocycles. The van der Waals surface area contributed by atoms with Gasteiger partial charge in [-0.3, -0.25) is 0 Å². The maximum atomic E-state index is 11.0. The van der Waals surface area contributed by atoms with Crippen LogP contribution in [0.2, 0.25) is 0 Å². The molecule has 0 aromatic carbocycles. The van der Waals surface area contributed by atoms with E-state index in [2.05, 4.69) is 9.32 Å². The third kappa shape index (κ3) is 2.40. The lowest BCUT2D eigenvalue weighted by molar-refractivity contribution is 0.178. The molecule has 0 aromatic heterocycles. The van der Waals surface area contributed by atoms with E-state index < -0.39 is 0 Å². The van der Waals surface area contributed by atoms with Crippen LogP contribution in [0.3, 0.4) is 0 Å². The van der Waals surface area contributed by atoms with Gasteiger partial charge in [-0.15, -0.1) is 0 Å². The number of carbonyl (C=O) groups is 1. The summed E-state index contributed by atoms with van der Waals surface area (Å²) in [4.78, 5) is 12.7. The molecule has 1 fully saturated rings. The standard InChI is InChI=1S/C6H10INO2S/c1-11-5-2-3-8(4-5)6(9)10-7/h5H,2-4H2,1H3. The number of rotatable bonds is 1. The molecule has 0 saturated carbocycles. The lowest BCUT2D eigenvalue weighted by atomic mass is 10.4. The number of carbonyl (C=O) groups excluding carboxylic acids is 1. The number of likely N-dealkylation sites (tertiary alicyclic amines) is 1. The molecular formula is C6H10INO2S. The van der Waals surface area contributed by atoms with Gasteiger partial charge in [-0.1, -0.05) is 0 Å². The first-order valence-electron chi connectivity index (χ1n) is 3.38. The minimum absolute atomic E-state index is 0.206. The minimum atomic E-state index is -0.206. The van der Waals surface area contributed by atoms with E-state index in [1.807, 2.05) is 11.8 Å². The highest BCUT2D eigenvalue weighted by molar-refractivity contribution is 14.1. The summed E-state index contributed by atoms with van der Waals surface area (Å²) in [6.45, 7) is 1.68. The Kier molecular flexibility index (Phi) is 3.77. The first-order chi connectivity index (χ1) is 5.27. The average molecular weight is 287 g/mol. The van der Waals surface area contributed by atoms with Gasteiger partial charge in [0, 0.05) is 18.3 Å². The molecule has 3 nitrogen and oxygen atoms in total. The predicted molar refractivity (Wildman–Crippen MR) is 54.0 cm³/mol. The van der Waals surface area contributed by atoms with Gasteiger partial charge in [-0.05, 0) is 12.7 Å². The normalized spacial score (nSPS) is 23.8. The molecule has 0 N–H and O–H groups in total. The van der Waals surface area contributed by atoms with Crippen molar-refractivity contribution in [2.75, 3.05) is 19.3 Å². The summed E-state index contributed by atoms with van der Waals surface area (Å²) < 4.78 is 4.57. The van der Waals surface area contributed by atoms with Gasteiger partial charge >= 0.3 is 6.09 Å². The fourth-order valence-corrected chi connectivity index (χ4v) is 2.08. The highest BCUT2D eigenvalue weighted by Crippen LogP contribution is 2.20. The Morgan fingerprint density at radius 1 is 1.82 bits per heavy atom. The molecule has 0 spiro atoms. The number of thioether (sulfide) groups is 1. The van der Waals surface area contributed by atoms with Crippen LogP contribution in [0.25, 0.3) is 0 Å². The molecule has 0 aromatic rings. The summed E-state index contributed by atoms with van der Waals surface area (Å²) in [5.74, 6) is 0. The second-order valence-electron chi connectivity index (χ2n) is 2.44. The highest BCUT2D eigenvalue weighted by Gasteiger charge is 2.25. The molecule has 1 rings (SSSR count). The monoisotopic (exact) mass is 287 g/mol. The van der Waals surface area contributed by atoms with Crippen LogP contribution in [0.4, 0.5) is 4.79 Å². The van der Waals surface area contributed by atoms with Crippen LogP contribution in [0.15, 0.2) is 0 Å². The van der Waals surface area contributed by atoms with Crippen molar-refractivity contribution < 1.29 is 7.86 Å². The topological polar surface area (TPSA) is 29.5 Å². The highest BCUT2D eigenvalue weighted by atomic mass is 127. The molecule has 1 unspecified atom stereocenters. The van der Waals surface area contributed by atoms with Crippen molar-refractivity contribution in [1.29, 1.82) is 0 Å². The van der Waals surface area contributed by atoms with E-state index in [9.17, 15) is 4.79 Å². The summed E-state index contributed by atoms with van der Waals surface area (Å²) >= 11 is 3.44. The fourth-order valence-electron chi connectivity index (χ4n) is 1.14. The van der Waals surface area contributed by atoms with Gasteiger partial charge in [0.2, 0.25) is 0 Å². The van der Waals surface area contributed by atoms with Gasteiger partial charge in [0.05, 0.1) is 0 Å². The van der Waals surface area contributed by atoms with Crippen molar-refractivity contribution in [2.24, 2.45) is 0 Å². The lowest BCUT2D eigenvalue weighted by Gasteiger charge is -2.12. The van der Waals surface area contributed by atoms with Crippen LogP contribution >= 0.6 is 34.8 Å². The molecule has 1 saturated heterocycles. The van der Waals surface area contributed by atoms with Crippen molar-refractivity contribution in [3.8, 4) is 0 Å². The van der Waals surface area contributed by atoms with Crippen molar-refractivity contribution in [3.05, 3.63) is 0 Å². The zero-order valence-corrected chi connectivity index (χ0v) is 9.22. The maximum Gasteiger partial charge on any atom is 0.419 e. The zero-order valence-electron chi connectivity index (χ0n) is 6.25. The van der Waals surface area contributed by atoms with Crippen molar-refractivity contribution in [2.45, 2.75) is 11.7 Å². The number of hydrogen-bond donors (Lipinski definition) is 0. The van der Waals surface area contributed by atoms with Gasteiger partial charge < -0.3 is 7.97 Å². The molecule has 5 heteroatoms. The maximum absolute atomic E-state index is 11.0. The van der Waals surface area contributed by atoms with Crippen LogP contribution < -0.4 is 0 Å². The van der Waals surface area contributed by atoms with Gasteiger partial charge in [-0.2, -0.15) is 11.8 Å². The van der Waals surface area contributed by atoms with E-state index in [-0.39, 0.29) is 6.09 Å². The Bertz CT molecular complexity index is 156. The number of halogens is 1. The summed E-state index contributed by atoms with van der Waals surface area (Å²) in [6, 6.07) is 0. The predicted octanol–water partition coefficient (Wildman–Crippen LogP) is 1.91. The van der Waals surface area contributed by atoms with Crippen LogP contribution in [0.5, 0.6) is 0 Å². The fraction of sp³-hybridized carbons (Fsp3) is 0.833. The summed E-state index contributed by atoms with van der Waals surface area (Å²) in [5, 5.41) is 0.602. The minimum Gasteiger partial charge on any atom is -0.378 e. The summed E-state index contributed by atoms with van der Waals surface area (Å²) in [6.07, 6.45) is 2.96. The van der Waals surface area contributed by atoms with Gasteiger partial charge in [0.1, 0.15) is 0 Å². The third-order valence-corrected chi connectivity index (χ3v) is 3.23. The molecule has 1 atom stereocenters. The number of nitrogens with zero attached hydrogens (tertiary/aromatic N) is 1. The molecule has 1 heterocycles. The first kappa shape index (κ1) is 9.44. The van der Waals surface area contributed by atoms with E-state index in [0.29, 0.717) is 5.25 Å². The average Bonchev–Trinajstić information content (AvgIpc) is 2.50. The molecule has 11 heavy (non-hydrogen) atoms. The van der Waals surface area contributed by atoms with Gasteiger partial charge in [0.25, 0.3) is 0 Å². The number of amides is 1. The Labute approximate surface area is 84.5 Å². The number of hydrogen-bond acceptors (Lipinski definition) is 3. The van der Waals surface area contributed by atoms with Crippen LogP contribution in [-0.4, -0.2) is 35.6 Å². The van der Waals surface area contributed by atoms with Crippen molar-refractivity contribution in [3.63, 3.8) is 0 Å². The van der Waals surface area contributed by atoms with E-state index >= 15 is 0 Å². The van der Waals surface area contributed by atoms with Gasteiger partial charge in [0.15, 0.2) is 23.0 Å². The second-order valence-corrected chi connectivity index (χ2v) is 4.01. The lowest BCUT2D eigenvalue weighted by Crippen LogP contribution is -2.27. The summed E-state index contributed by atoms with van der Waals surface area (Å²) in [5.41, 5.74) is 0. The van der Waals surface area contributed by atoms with E-state index in [1.54, 1.807) is 27.9 Å². The first-order valence-corrected chi connectivity index (χ1v) is 5.55. The van der Waals surface area contributed by atoms with E-state index in [4.69, 9.17) is 0 Å². The smallest absolute Gasteiger partial charge is 0.378 e. The second kappa shape index (κ2) is 4.39. The van der Waals surface area contributed by atoms with E-state index in [0.717, 1.165) is 19.5 Å². The molecule has 0 aliphatic carbocycles. The Morgan fingerprint density at radius 2 is 2.55 bits per heavy atom. The van der Waals surface area contributed by atoms with Crippen molar-refractivity contribution >= 4 is 40.9 Å². The summed E-state index contributed by atoms with van der Waals surface area (Å²) in [7, 11) is 0. The molecule has 0 bridgehead atoms. The molecule has 1 aliphatic rings. The van der Waals surface area contributed by atoms with Crippen LogP contribution in [0.1, 0.15) is 6.42 Å². The Balaban J connectivity index is 2.35. The van der Waals surface area contributed by atoms with Gasteiger partial charge in [-0.25, -0.2) is 4.79 Å².